The number of anilines is 1. The van der Waals surface area contributed by atoms with Gasteiger partial charge in [0.25, 0.3) is 10.0 Å². The number of rotatable bonds is 11. The van der Waals surface area contributed by atoms with E-state index in [1.165, 1.54) is 24.1 Å². The molecule has 218 valence electrons. The third-order valence-corrected chi connectivity index (χ3v) is 9.38. The van der Waals surface area contributed by atoms with E-state index < -0.39 is 28.5 Å². The molecule has 41 heavy (non-hydrogen) atoms. The van der Waals surface area contributed by atoms with Crippen LogP contribution in [0.5, 0.6) is 5.75 Å². The highest BCUT2D eigenvalue weighted by Crippen LogP contribution is 2.28. The van der Waals surface area contributed by atoms with Crippen molar-refractivity contribution in [3.05, 3.63) is 89.4 Å². The van der Waals surface area contributed by atoms with Gasteiger partial charge in [-0.2, -0.15) is 0 Å². The van der Waals surface area contributed by atoms with Crippen molar-refractivity contribution >= 4 is 39.1 Å². The van der Waals surface area contributed by atoms with Gasteiger partial charge in [-0.25, -0.2) is 8.42 Å². The zero-order valence-corrected chi connectivity index (χ0v) is 24.9. The number of benzene rings is 3. The molecule has 10 heteroatoms. The first-order valence-corrected chi connectivity index (χ1v) is 15.6. The van der Waals surface area contributed by atoms with Crippen molar-refractivity contribution in [3.8, 4) is 5.75 Å². The summed E-state index contributed by atoms with van der Waals surface area (Å²) in [6.45, 7) is 1.26. The van der Waals surface area contributed by atoms with E-state index >= 15 is 0 Å². The van der Waals surface area contributed by atoms with Gasteiger partial charge in [0, 0.05) is 23.7 Å². The maximum absolute atomic E-state index is 14.1. The van der Waals surface area contributed by atoms with Crippen LogP contribution in [0, 0.1) is 0 Å². The van der Waals surface area contributed by atoms with Crippen molar-refractivity contribution in [1.82, 2.24) is 10.2 Å². The molecule has 0 spiro atoms. The first kappa shape index (κ1) is 30.4. The van der Waals surface area contributed by atoms with Crippen LogP contribution in [0.3, 0.4) is 0 Å². The molecule has 0 heterocycles. The number of hydrogen-bond donors (Lipinski definition) is 1. The topological polar surface area (TPSA) is 96.0 Å². The van der Waals surface area contributed by atoms with E-state index in [0.717, 1.165) is 42.0 Å². The number of hydrogen-bond acceptors (Lipinski definition) is 5. The van der Waals surface area contributed by atoms with Crippen LogP contribution in [0.15, 0.2) is 83.8 Å². The van der Waals surface area contributed by atoms with Gasteiger partial charge in [0.15, 0.2) is 0 Å². The number of halogens is 1. The molecule has 3 aromatic carbocycles. The molecule has 1 N–H and O–H groups in total. The lowest BCUT2D eigenvalue weighted by Gasteiger charge is -2.33. The minimum atomic E-state index is -4.14. The van der Waals surface area contributed by atoms with E-state index in [9.17, 15) is 18.0 Å². The molecular formula is C31H36ClN3O5S. The Kier molecular flexibility index (Phi) is 10.3. The summed E-state index contributed by atoms with van der Waals surface area (Å²) in [5.74, 6) is -0.340. The van der Waals surface area contributed by atoms with Gasteiger partial charge in [-0.15, -0.1) is 0 Å². The van der Waals surface area contributed by atoms with Gasteiger partial charge in [-0.05, 0) is 61.7 Å². The fourth-order valence-electron chi connectivity index (χ4n) is 4.95. The molecule has 2 amide bonds. The van der Waals surface area contributed by atoms with Crippen molar-refractivity contribution in [2.45, 2.75) is 62.6 Å². The molecule has 1 aliphatic rings. The largest absolute Gasteiger partial charge is 0.497 e. The summed E-state index contributed by atoms with van der Waals surface area (Å²) in [5.41, 5.74) is 1.03. The number of methoxy groups -OCH3 is 1. The molecule has 3 aromatic rings. The molecule has 0 unspecified atom stereocenters. The Morgan fingerprint density at radius 1 is 0.976 bits per heavy atom. The standard InChI is InChI=1S/C31H36ClN3O5S/c1-23(31(37)33-26-10-5-3-6-11-26)34(21-24-16-18-25(32)19-17-24)30(36)22-35(27-12-9-13-28(20-27)40-2)41(38,39)29-14-7-4-8-15-29/h4,7-9,12-20,23,26H,3,5-6,10-11,21-22H2,1-2H3,(H,33,37)/t23-/m0/s1. The number of carbonyl (C=O) groups excluding carboxylic acids is 2. The Balaban J connectivity index is 1.67. The Morgan fingerprint density at radius 2 is 1.66 bits per heavy atom. The van der Waals surface area contributed by atoms with Crippen molar-refractivity contribution < 1.29 is 22.7 Å². The lowest BCUT2D eigenvalue weighted by Crippen LogP contribution is -2.53. The summed E-state index contributed by atoms with van der Waals surface area (Å²) in [6, 6.07) is 20.7. The molecule has 0 radical (unpaired) electrons. The number of nitrogens with one attached hydrogen (secondary N) is 1. The molecule has 0 aliphatic heterocycles. The number of carbonyl (C=O) groups is 2. The molecular weight excluding hydrogens is 562 g/mol. The SMILES string of the molecule is COc1cccc(N(CC(=O)N(Cc2ccc(Cl)cc2)[C@@H](C)C(=O)NC2CCCCC2)S(=O)(=O)c2ccccc2)c1. The van der Waals surface area contributed by atoms with E-state index in [1.54, 1.807) is 73.7 Å². The molecule has 0 bridgehead atoms. The molecule has 1 saturated carbocycles. The average Bonchev–Trinajstić information content (AvgIpc) is 3.00. The number of ether oxygens (including phenoxy) is 1. The van der Waals surface area contributed by atoms with E-state index in [0.29, 0.717) is 10.8 Å². The third kappa shape index (κ3) is 7.80. The minimum Gasteiger partial charge on any atom is -0.497 e. The normalized spacial score (nSPS) is 14.6. The van der Waals surface area contributed by atoms with Crippen molar-refractivity contribution in [2.24, 2.45) is 0 Å². The van der Waals surface area contributed by atoms with Gasteiger partial charge in [-0.3, -0.25) is 13.9 Å². The van der Waals surface area contributed by atoms with Crippen LogP contribution in [0.4, 0.5) is 5.69 Å². The summed E-state index contributed by atoms with van der Waals surface area (Å²) >= 11 is 6.07. The van der Waals surface area contributed by atoms with Gasteiger partial charge in [0.1, 0.15) is 18.3 Å². The first-order valence-electron chi connectivity index (χ1n) is 13.7. The van der Waals surface area contributed by atoms with Crippen LogP contribution in [-0.2, 0) is 26.2 Å². The summed E-state index contributed by atoms with van der Waals surface area (Å²) in [4.78, 5) is 28.9. The van der Waals surface area contributed by atoms with Crippen LogP contribution in [-0.4, -0.2) is 50.9 Å². The van der Waals surface area contributed by atoms with Gasteiger partial charge in [0.2, 0.25) is 11.8 Å². The van der Waals surface area contributed by atoms with Crippen LogP contribution >= 0.6 is 11.6 Å². The second-order valence-electron chi connectivity index (χ2n) is 10.2. The fraction of sp³-hybridized carbons (Fsp3) is 0.355. The second kappa shape index (κ2) is 13.9. The van der Waals surface area contributed by atoms with Gasteiger partial charge in [-0.1, -0.05) is 67.3 Å². The first-order chi connectivity index (χ1) is 19.7. The van der Waals surface area contributed by atoms with Crippen LogP contribution in [0.2, 0.25) is 5.02 Å². The average molecular weight is 598 g/mol. The number of sulfonamides is 1. The molecule has 8 nitrogen and oxygen atoms in total. The van der Waals surface area contributed by atoms with Crippen LogP contribution in [0.1, 0.15) is 44.6 Å². The Bertz CT molecular complexity index is 1430. The van der Waals surface area contributed by atoms with E-state index in [-0.39, 0.29) is 29.1 Å². The summed E-state index contributed by atoms with van der Waals surface area (Å²) in [5, 5.41) is 3.65. The Labute approximate surface area is 247 Å². The zero-order valence-electron chi connectivity index (χ0n) is 23.3. The smallest absolute Gasteiger partial charge is 0.264 e. The Hall–Kier alpha value is -3.56. The predicted octanol–water partition coefficient (Wildman–Crippen LogP) is 5.41. The van der Waals surface area contributed by atoms with Gasteiger partial charge < -0.3 is 15.0 Å². The molecule has 1 atom stereocenters. The van der Waals surface area contributed by atoms with Gasteiger partial charge >= 0.3 is 0 Å². The summed E-state index contributed by atoms with van der Waals surface area (Å²) in [6.07, 6.45) is 5.07. The van der Waals surface area contributed by atoms with Crippen LogP contribution < -0.4 is 14.4 Å². The van der Waals surface area contributed by atoms with Gasteiger partial charge in [0.05, 0.1) is 17.7 Å². The molecule has 1 aliphatic carbocycles. The molecule has 0 aromatic heterocycles. The molecule has 1 fully saturated rings. The van der Waals surface area contributed by atoms with E-state index in [2.05, 4.69) is 5.32 Å². The van der Waals surface area contributed by atoms with E-state index in [1.807, 2.05) is 0 Å². The second-order valence-corrected chi connectivity index (χ2v) is 12.5. The monoisotopic (exact) mass is 597 g/mol. The zero-order chi connectivity index (χ0) is 29.4. The lowest BCUT2D eigenvalue weighted by molar-refractivity contribution is -0.139. The highest BCUT2D eigenvalue weighted by atomic mass is 35.5. The third-order valence-electron chi connectivity index (χ3n) is 7.34. The lowest BCUT2D eigenvalue weighted by atomic mass is 9.95. The molecule has 4 rings (SSSR count). The fourth-order valence-corrected chi connectivity index (χ4v) is 6.50. The highest BCUT2D eigenvalue weighted by Gasteiger charge is 2.33. The maximum atomic E-state index is 14.1. The Morgan fingerprint density at radius 3 is 2.32 bits per heavy atom. The number of nitrogens with zero attached hydrogens (tertiary/aromatic N) is 2. The predicted molar refractivity (Wildman–Crippen MR) is 160 cm³/mol. The quantitative estimate of drug-likeness (QED) is 0.319. The maximum Gasteiger partial charge on any atom is 0.264 e. The minimum absolute atomic E-state index is 0.0444. The summed E-state index contributed by atoms with van der Waals surface area (Å²) < 4.78 is 34.1. The summed E-state index contributed by atoms with van der Waals surface area (Å²) in [7, 11) is -2.66. The van der Waals surface area contributed by atoms with Crippen molar-refractivity contribution in [1.29, 1.82) is 0 Å². The van der Waals surface area contributed by atoms with E-state index in [4.69, 9.17) is 16.3 Å². The molecule has 0 saturated heterocycles. The number of amides is 2. The van der Waals surface area contributed by atoms with Crippen LogP contribution in [0.25, 0.3) is 0 Å². The highest BCUT2D eigenvalue weighted by molar-refractivity contribution is 7.92. The van der Waals surface area contributed by atoms with Crippen molar-refractivity contribution in [2.75, 3.05) is 18.0 Å². The van der Waals surface area contributed by atoms with Crippen molar-refractivity contribution in [3.63, 3.8) is 0 Å².